The van der Waals surface area contributed by atoms with Gasteiger partial charge in [-0.3, -0.25) is 0 Å². The number of aromatic nitrogens is 2. The number of hydrogen-bond acceptors (Lipinski definition) is 5. The molecule has 0 aliphatic rings. The van der Waals surface area contributed by atoms with E-state index in [4.69, 9.17) is 22.1 Å². The molecule has 0 aliphatic heterocycles. The van der Waals surface area contributed by atoms with Crippen molar-refractivity contribution < 1.29 is 4.74 Å². The van der Waals surface area contributed by atoms with E-state index in [0.29, 0.717) is 28.3 Å². The second-order valence-corrected chi connectivity index (χ2v) is 4.31. The van der Waals surface area contributed by atoms with Gasteiger partial charge in [-0.25, -0.2) is 4.98 Å². The van der Waals surface area contributed by atoms with Crippen LogP contribution in [0.15, 0.2) is 30.5 Å². The maximum absolute atomic E-state index is 5.82. The van der Waals surface area contributed by atoms with E-state index in [-0.39, 0.29) is 0 Å². The topological polar surface area (TPSA) is 64.3 Å². The molecule has 1 aromatic carbocycles. The van der Waals surface area contributed by atoms with Gasteiger partial charge < -0.3 is 15.4 Å². The molecule has 0 radical (unpaired) electrons. The zero-order valence-electron chi connectivity index (χ0n) is 10.1. The fourth-order valence-electron chi connectivity index (χ4n) is 1.33. The van der Waals surface area contributed by atoms with Crippen LogP contribution in [0.3, 0.4) is 0 Å². The number of halogens is 1. The Bertz CT molecular complexity index is 560. The van der Waals surface area contributed by atoms with Crippen molar-refractivity contribution >= 4 is 23.2 Å². The Labute approximate surface area is 110 Å². The fourth-order valence-corrected chi connectivity index (χ4v) is 1.51. The lowest BCUT2D eigenvalue weighted by Gasteiger charge is -2.12. The summed E-state index contributed by atoms with van der Waals surface area (Å²) in [6.07, 6.45) is 1.63. The molecule has 0 spiro atoms. The fraction of sp³-hybridized carbons (Fsp3) is 0.167. The minimum Gasteiger partial charge on any atom is -0.437 e. The van der Waals surface area contributed by atoms with Crippen molar-refractivity contribution in [3.05, 3.63) is 35.5 Å². The number of hydrogen-bond donors (Lipinski definition) is 1. The first kappa shape index (κ1) is 12.4. The predicted molar refractivity (Wildman–Crippen MR) is 72.3 cm³/mol. The maximum Gasteiger partial charge on any atom is 0.228 e. The Morgan fingerprint density at radius 1 is 1.28 bits per heavy atom. The van der Waals surface area contributed by atoms with Gasteiger partial charge in [-0.05, 0) is 18.2 Å². The van der Waals surface area contributed by atoms with Gasteiger partial charge in [0.1, 0.15) is 0 Å². The standard InChI is InChI=1S/C12H13ClN4O/c1-17(2)12-15-6-5-11(16-12)18-10-4-3-8(13)7-9(10)14/h3-7H,14H2,1-2H3. The van der Waals surface area contributed by atoms with E-state index in [2.05, 4.69) is 9.97 Å². The van der Waals surface area contributed by atoms with Crippen molar-refractivity contribution in [1.82, 2.24) is 9.97 Å². The molecule has 0 fully saturated rings. The van der Waals surface area contributed by atoms with Crippen LogP contribution in [0.2, 0.25) is 5.02 Å². The molecular formula is C12H13ClN4O. The highest BCUT2D eigenvalue weighted by molar-refractivity contribution is 6.30. The molecule has 1 aromatic heterocycles. The number of ether oxygens (including phenoxy) is 1. The molecule has 5 nitrogen and oxygen atoms in total. The molecule has 0 amide bonds. The summed E-state index contributed by atoms with van der Waals surface area (Å²) < 4.78 is 5.59. The van der Waals surface area contributed by atoms with Crippen LogP contribution in [-0.4, -0.2) is 24.1 Å². The van der Waals surface area contributed by atoms with Crippen LogP contribution in [0.25, 0.3) is 0 Å². The maximum atomic E-state index is 5.82. The van der Waals surface area contributed by atoms with Crippen molar-refractivity contribution in [3.8, 4) is 11.6 Å². The van der Waals surface area contributed by atoms with Crippen LogP contribution in [0.1, 0.15) is 0 Å². The third-order valence-electron chi connectivity index (χ3n) is 2.20. The molecule has 0 unspecified atom stereocenters. The molecule has 18 heavy (non-hydrogen) atoms. The van der Waals surface area contributed by atoms with Gasteiger partial charge in [0, 0.05) is 31.4 Å². The molecule has 2 N–H and O–H groups in total. The van der Waals surface area contributed by atoms with Gasteiger partial charge in [0.25, 0.3) is 0 Å². The Morgan fingerprint density at radius 3 is 2.72 bits per heavy atom. The molecule has 2 aromatic rings. The van der Waals surface area contributed by atoms with Gasteiger partial charge in [-0.1, -0.05) is 11.6 Å². The van der Waals surface area contributed by atoms with Crippen molar-refractivity contribution in [2.75, 3.05) is 24.7 Å². The first-order valence-electron chi connectivity index (χ1n) is 5.29. The summed E-state index contributed by atoms with van der Waals surface area (Å²) in [5.74, 6) is 1.52. The zero-order chi connectivity index (χ0) is 13.1. The molecule has 0 atom stereocenters. The molecule has 0 saturated heterocycles. The van der Waals surface area contributed by atoms with E-state index >= 15 is 0 Å². The number of anilines is 2. The van der Waals surface area contributed by atoms with E-state index in [9.17, 15) is 0 Å². The minimum absolute atomic E-state index is 0.433. The van der Waals surface area contributed by atoms with Crippen LogP contribution >= 0.6 is 11.6 Å². The van der Waals surface area contributed by atoms with E-state index < -0.39 is 0 Å². The van der Waals surface area contributed by atoms with Gasteiger partial charge in [-0.15, -0.1) is 0 Å². The van der Waals surface area contributed by atoms with Crippen LogP contribution in [-0.2, 0) is 0 Å². The van der Waals surface area contributed by atoms with E-state index in [1.54, 1.807) is 35.4 Å². The average Bonchev–Trinajstić information content (AvgIpc) is 2.33. The Hall–Kier alpha value is -2.01. The van der Waals surface area contributed by atoms with E-state index in [0.717, 1.165) is 0 Å². The molecule has 94 valence electrons. The molecule has 2 rings (SSSR count). The zero-order valence-corrected chi connectivity index (χ0v) is 10.8. The number of nitrogen functional groups attached to an aromatic ring is 1. The van der Waals surface area contributed by atoms with Gasteiger partial charge in [0.15, 0.2) is 5.75 Å². The normalized spacial score (nSPS) is 10.2. The molecule has 0 saturated carbocycles. The Morgan fingerprint density at radius 2 is 2.06 bits per heavy atom. The second kappa shape index (κ2) is 5.10. The number of rotatable bonds is 3. The van der Waals surface area contributed by atoms with Gasteiger partial charge in [-0.2, -0.15) is 4.98 Å². The summed E-state index contributed by atoms with van der Waals surface area (Å²) >= 11 is 5.82. The van der Waals surface area contributed by atoms with Crippen molar-refractivity contribution in [2.24, 2.45) is 0 Å². The first-order chi connectivity index (χ1) is 8.56. The minimum atomic E-state index is 0.433. The highest BCUT2D eigenvalue weighted by atomic mass is 35.5. The smallest absolute Gasteiger partial charge is 0.228 e. The first-order valence-corrected chi connectivity index (χ1v) is 5.67. The van der Waals surface area contributed by atoms with E-state index in [1.807, 2.05) is 14.1 Å². The van der Waals surface area contributed by atoms with Crippen molar-refractivity contribution in [3.63, 3.8) is 0 Å². The second-order valence-electron chi connectivity index (χ2n) is 3.87. The highest BCUT2D eigenvalue weighted by Crippen LogP contribution is 2.28. The number of nitrogens with two attached hydrogens (primary N) is 1. The summed E-state index contributed by atoms with van der Waals surface area (Å²) in [6.45, 7) is 0. The molecule has 0 bridgehead atoms. The van der Waals surface area contributed by atoms with Crippen molar-refractivity contribution in [1.29, 1.82) is 0 Å². The van der Waals surface area contributed by atoms with Gasteiger partial charge in [0.2, 0.25) is 11.8 Å². The largest absolute Gasteiger partial charge is 0.437 e. The molecular weight excluding hydrogens is 252 g/mol. The van der Waals surface area contributed by atoms with Crippen molar-refractivity contribution in [2.45, 2.75) is 0 Å². The summed E-state index contributed by atoms with van der Waals surface area (Å²) in [5.41, 5.74) is 6.27. The van der Waals surface area contributed by atoms with Gasteiger partial charge in [0.05, 0.1) is 5.69 Å². The number of benzene rings is 1. The lowest BCUT2D eigenvalue weighted by molar-refractivity contribution is 0.464. The summed E-state index contributed by atoms with van der Waals surface area (Å²) in [7, 11) is 3.71. The predicted octanol–water partition coefficient (Wildman–Crippen LogP) is 2.57. The van der Waals surface area contributed by atoms with Crippen LogP contribution in [0, 0.1) is 0 Å². The molecule has 6 heteroatoms. The summed E-state index contributed by atoms with van der Waals surface area (Å²) in [4.78, 5) is 10.1. The van der Waals surface area contributed by atoms with Crippen LogP contribution < -0.4 is 15.4 Å². The Balaban J connectivity index is 2.25. The summed E-state index contributed by atoms with van der Waals surface area (Å²) in [5, 5.41) is 0.566. The third-order valence-corrected chi connectivity index (χ3v) is 2.44. The lowest BCUT2D eigenvalue weighted by atomic mass is 10.3. The highest BCUT2D eigenvalue weighted by Gasteiger charge is 2.06. The monoisotopic (exact) mass is 264 g/mol. The molecule has 1 heterocycles. The van der Waals surface area contributed by atoms with Crippen LogP contribution in [0.4, 0.5) is 11.6 Å². The van der Waals surface area contributed by atoms with Gasteiger partial charge >= 0.3 is 0 Å². The molecule has 0 aliphatic carbocycles. The lowest BCUT2D eigenvalue weighted by Crippen LogP contribution is -2.12. The Kier molecular flexibility index (Phi) is 3.53. The SMILES string of the molecule is CN(C)c1nccc(Oc2ccc(Cl)cc2N)n1. The van der Waals surface area contributed by atoms with E-state index in [1.165, 1.54) is 0 Å². The third kappa shape index (κ3) is 2.81. The van der Waals surface area contributed by atoms with Crippen LogP contribution in [0.5, 0.6) is 11.6 Å². The summed E-state index contributed by atoms with van der Waals surface area (Å²) in [6, 6.07) is 6.71. The average molecular weight is 265 g/mol. The number of nitrogens with zero attached hydrogens (tertiary/aromatic N) is 3. The quantitative estimate of drug-likeness (QED) is 0.863.